The highest BCUT2D eigenvalue weighted by Gasteiger charge is 2.24. The van der Waals surface area contributed by atoms with Gasteiger partial charge in [0.1, 0.15) is 5.82 Å². The van der Waals surface area contributed by atoms with E-state index in [1.165, 1.54) is 6.92 Å². The summed E-state index contributed by atoms with van der Waals surface area (Å²) in [6.07, 6.45) is -1.28. The number of hydrogen-bond acceptors (Lipinski definition) is 4. The molecule has 8 heteroatoms. The maximum atomic E-state index is 13.0. The zero-order valence-corrected chi connectivity index (χ0v) is 10.1. The third-order valence-electron chi connectivity index (χ3n) is 1.83. The van der Waals surface area contributed by atoms with E-state index in [9.17, 15) is 19.3 Å². The Morgan fingerprint density at radius 1 is 1.65 bits per heavy atom. The average molecular weight is 308 g/mol. The van der Waals surface area contributed by atoms with Crippen molar-refractivity contribution in [3.63, 3.8) is 0 Å². The number of carboxylic acids is 1. The Bertz CT molecular complexity index is 479. The fraction of sp³-hybridized carbons (Fsp3) is 0.222. The van der Waals surface area contributed by atoms with Crippen LogP contribution < -0.4 is 4.74 Å². The van der Waals surface area contributed by atoms with Crippen LogP contribution in [0.25, 0.3) is 0 Å². The zero-order chi connectivity index (χ0) is 13.2. The van der Waals surface area contributed by atoms with E-state index in [0.29, 0.717) is 6.07 Å². The van der Waals surface area contributed by atoms with Crippen molar-refractivity contribution in [3.05, 3.63) is 32.5 Å². The van der Waals surface area contributed by atoms with Gasteiger partial charge < -0.3 is 9.84 Å². The Hall–Kier alpha value is -1.70. The summed E-state index contributed by atoms with van der Waals surface area (Å²) in [6, 6.07) is 1.62. The molecule has 0 amide bonds. The second-order valence-electron chi connectivity index (χ2n) is 3.09. The van der Waals surface area contributed by atoms with Gasteiger partial charge in [0.2, 0.25) is 5.75 Å². The first-order chi connectivity index (χ1) is 7.82. The fourth-order valence-corrected chi connectivity index (χ4v) is 1.54. The minimum Gasteiger partial charge on any atom is -0.479 e. The molecule has 0 spiro atoms. The van der Waals surface area contributed by atoms with E-state index < -0.39 is 28.5 Å². The molecule has 0 aliphatic heterocycles. The van der Waals surface area contributed by atoms with Gasteiger partial charge in [-0.25, -0.2) is 9.18 Å². The number of nitrogens with zero attached hydrogens (tertiary/aromatic N) is 1. The summed E-state index contributed by atoms with van der Waals surface area (Å²) in [4.78, 5) is 20.4. The van der Waals surface area contributed by atoms with Crippen molar-refractivity contribution in [2.24, 2.45) is 0 Å². The molecule has 0 aromatic heterocycles. The summed E-state index contributed by atoms with van der Waals surface area (Å²) in [7, 11) is 0. The molecule has 1 atom stereocenters. The number of hydrogen-bond donors (Lipinski definition) is 1. The Labute approximate surface area is 103 Å². The molecule has 1 N–H and O–H groups in total. The number of nitro groups is 1. The van der Waals surface area contributed by atoms with Crippen molar-refractivity contribution in [1.82, 2.24) is 0 Å². The number of carboxylic acid groups (broad SMARTS) is 1. The van der Waals surface area contributed by atoms with E-state index in [4.69, 9.17) is 9.84 Å². The van der Waals surface area contributed by atoms with Crippen LogP contribution in [0.1, 0.15) is 6.92 Å². The Kier molecular flexibility index (Phi) is 4.00. The summed E-state index contributed by atoms with van der Waals surface area (Å²) < 4.78 is 17.8. The average Bonchev–Trinajstić information content (AvgIpc) is 2.20. The van der Waals surface area contributed by atoms with Gasteiger partial charge in [-0.1, -0.05) is 0 Å². The van der Waals surface area contributed by atoms with Crippen molar-refractivity contribution >= 4 is 27.6 Å². The first-order valence-electron chi connectivity index (χ1n) is 4.36. The second kappa shape index (κ2) is 5.09. The number of rotatable bonds is 4. The van der Waals surface area contributed by atoms with Gasteiger partial charge in [-0.15, -0.1) is 0 Å². The highest BCUT2D eigenvalue weighted by atomic mass is 79.9. The lowest BCUT2D eigenvalue weighted by molar-refractivity contribution is -0.386. The largest absolute Gasteiger partial charge is 0.479 e. The highest BCUT2D eigenvalue weighted by Crippen LogP contribution is 2.36. The van der Waals surface area contributed by atoms with Crippen LogP contribution in [0.2, 0.25) is 0 Å². The molecule has 1 aromatic rings. The van der Waals surface area contributed by atoms with Gasteiger partial charge in [-0.2, -0.15) is 0 Å². The fourth-order valence-electron chi connectivity index (χ4n) is 1.03. The lowest BCUT2D eigenvalue weighted by atomic mass is 10.3. The normalized spacial score (nSPS) is 11.9. The van der Waals surface area contributed by atoms with E-state index in [1.807, 2.05) is 0 Å². The van der Waals surface area contributed by atoms with E-state index in [1.54, 1.807) is 0 Å². The Morgan fingerprint density at radius 3 is 2.71 bits per heavy atom. The summed E-state index contributed by atoms with van der Waals surface area (Å²) in [6.45, 7) is 1.21. The third-order valence-corrected chi connectivity index (χ3v) is 2.42. The van der Waals surface area contributed by atoms with Crippen LogP contribution in [0.3, 0.4) is 0 Å². The predicted octanol–water partition coefficient (Wildman–Crippen LogP) is 2.35. The van der Waals surface area contributed by atoms with Crippen molar-refractivity contribution in [3.8, 4) is 5.75 Å². The van der Waals surface area contributed by atoms with E-state index in [2.05, 4.69) is 15.9 Å². The molecule has 0 aliphatic rings. The second-order valence-corrected chi connectivity index (χ2v) is 3.95. The zero-order valence-electron chi connectivity index (χ0n) is 8.52. The van der Waals surface area contributed by atoms with Crippen LogP contribution >= 0.6 is 15.9 Å². The minimum absolute atomic E-state index is 0.0164. The summed E-state index contributed by atoms with van der Waals surface area (Å²) >= 11 is 2.88. The summed E-state index contributed by atoms with van der Waals surface area (Å²) in [5.41, 5.74) is -0.634. The third kappa shape index (κ3) is 3.13. The van der Waals surface area contributed by atoms with Crippen LogP contribution in [0, 0.1) is 15.9 Å². The summed E-state index contributed by atoms with van der Waals surface area (Å²) in [5, 5.41) is 19.3. The molecule has 0 fully saturated rings. The number of aliphatic carboxylic acids is 1. The number of nitro benzene ring substituents is 1. The predicted molar refractivity (Wildman–Crippen MR) is 58.5 cm³/mol. The molecule has 92 valence electrons. The lowest BCUT2D eigenvalue weighted by Crippen LogP contribution is -2.23. The van der Waals surface area contributed by atoms with Gasteiger partial charge in [0.25, 0.3) is 0 Å². The molecule has 0 saturated carbocycles. The molecule has 1 aromatic carbocycles. The number of benzene rings is 1. The highest BCUT2D eigenvalue weighted by molar-refractivity contribution is 9.10. The van der Waals surface area contributed by atoms with Crippen LogP contribution in [-0.4, -0.2) is 22.1 Å². The van der Waals surface area contributed by atoms with Crippen LogP contribution in [0.5, 0.6) is 5.75 Å². The smallest absolute Gasteiger partial charge is 0.344 e. The number of ether oxygens (including phenoxy) is 1. The van der Waals surface area contributed by atoms with Gasteiger partial charge >= 0.3 is 11.7 Å². The van der Waals surface area contributed by atoms with Gasteiger partial charge in [0, 0.05) is 0 Å². The Morgan fingerprint density at radius 2 is 2.24 bits per heavy atom. The first kappa shape index (κ1) is 13.4. The molecule has 1 unspecified atom stereocenters. The SMILES string of the molecule is CC(Oc1c(Br)cc(F)cc1[N+](=O)[O-])C(=O)O. The molecule has 0 aliphatic carbocycles. The van der Waals surface area contributed by atoms with Gasteiger partial charge in [-0.05, 0) is 28.9 Å². The summed E-state index contributed by atoms with van der Waals surface area (Å²) in [5.74, 6) is -2.42. The van der Waals surface area contributed by atoms with Gasteiger partial charge in [0.15, 0.2) is 6.10 Å². The van der Waals surface area contributed by atoms with E-state index in [-0.39, 0.29) is 10.2 Å². The number of halogens is 2. The molecular formula is C9H7BrFNO5. The molecule has 1 rings (SSSR count). The van der Waals surface area contributed by atoms with Crippen molar-refractivity contribution in [2.75, 3.05) is 0 Å². The van der Waals surface area contributed by atoms with E-state index in [0.717, 1.165) is 6.07 Å². The molecule has 6 nitrogen and oxygen atoms in total. The van der Waals surface area contributed by atoms with Crippen molar-refractivity contribution in [1.29, 1.82) is 0 Å². The minimum atomic E-state index is -1.28. The first-order valence-corrected chi connectivity index (χ1v) is 5.15. The maximum absolute atomic E-state index is 13.0. The van der Waals surface area contributed by atoms with Crippen LogP contribution in [-0.2, 0) is 4.79 Å². The maximum Gasteiger partial charge on any atom is 0.344 e. The van der Waals surface area contributed by atoms with Gasteiger partial charge in [0.05, 0.1) is 15.5 Å². The number of carbonyl (C=O) groups is 1. The van der Waals surface area contributed by atoms with E-state index >= 15 is 0 Å². The van der Waals surface area contributed by atoms with Crippen LogP contribution in [0.4, 0.5) is 10.1 Å². The molecular weight excluding hydrogens is 301 g/mol. The topological polar surface area (TPSA) is 89.7 Å². The molecule has 0 saturated heterocycles. The Balaban J connectivity index is 3.21. The van der Waals surface area contributed by atoms with Crippen LogP contribution in [0.15, 0.2) is 16.6 Å². The molecule has 17 heavy (non-hydrogen) atoms. The standard InChI is InChI=1S/C9H7BrFNO5/c1-4(9(13)14)17-8-6(10)2-5(11)3-7(8)12(15)16/h2-4H,1H3,(H,13,14). The molecule has 0 radical (unpaired) electrons. The van der Waals surface area contributed by atoms with Gasteiger partial charge in [-0.3, -0.25) is 10.1 Å². The van der Waals surface area contributed by atoms with Crippen molar-refractivity contribution in [2.45, 2.75) is 13.0 Å². The monoisotopic (exact) mass is 307 g/mol. The molecule has 0 heterocycles. The quantitative estimate of drug-likeness (QED) is 0.681. The van der Waals surface area contributed by atoms with Crippen molar-refractivity contribution < 1.29 is 24.0 Å². The molecule has 0 bridgehead atoms. The lowest BCUT2D eigenvalue weighted by Gasteiger charge is -2.11.